The summed E-state index contributed by atoms with van der Waals surface area (Å²) < 4.78 is 72.4. The van der Waals surface area contributed by atoms with Gasteiger partial charge in [0, 0.05) is 12.0 Å². The number of hydrogen-bond donors (Lipinski definition) is 2. The summed E-state index contributed by atoms with van der Waals surface area (Å²) >= 11 is 0. The number of carbonyl (C=O) groups excluding carboxylic acids is 2. The monoisotopic (exact) mass is 536 g/mol. The molecule has 1 aliphatic rings. The van der Waals surface area contributed by atoms with Gasteiger partial charge in [-0.3, -0.25) is 9.59 Å². The summed E-state index contributed by atoms with van der Waals surface area (Å²) in [5.41, 5.74) is 7.77. The molecular weight excluding hydrogens is 507 g/mol. The summed E-state index contributed by atoms with van der Waals surface area (Å²) in [6.07, 6.45) is -5.48. The molecule has 0 aromatic heterocycles. The molecule has 0 spiro atoms. The van der Waals surface area contributed by atoms with Crippen molar-refractivity contribution in [1.82, 2.24) is 4.90 Å². The van der Waals surface area contributed by atoms with Crippen LogP contribution in [0.4, 0.5) is 22.0 Å². The Bertz CT molecular complexity index is 1240. The number of nitriles is 1. The number of alkyl halides is 4. The highest BCUT2D eigenvalue weighted by Crippen LogP contribution is 2.50. The van der Waals surface area contributed by atoms with Crippen molar-refractivity contribution in [1.29, 1.82) is 5.26 Å². The largest absolute Gasteiger partial charge is 0.413 e. The zero-order valence-corrected chi connectivity index (χ0v) is 21.2. The smallest absolute Gasteiger partial charge is 0.369 e. The van der Waals surface area contributed by atoms with Crippen LogP contribution in [0.25, 0.3) is 11.1 Å². The lowest BCUT2D eigenvalue weighted by atomic mass is 9.94. The molecule has 1 fully saturated rings. The van der Waals surface area contributed by atoms with E-state index in [1.807, 2.05) is 6.07 Å². The molecule has 0 radical (unpaired) electrons. The number of halogens is 5. The van der Waals surface area contributed by atoms with Crippen molar-refractivity contribution in [2.75, 3.05) is 0 Å². The molecule has 2 aromatic carbocycles. The molecular formula is C27H29F5N4O2. The van der Waals surface area contributed by atoms with Gasteiger partial charge in [0.15, 0.2) is 6.04 Å². The number of primary amides is 1. The quantitative estimate of drug-likeness (QED) is 0.438. The topological polar surface area (TPSA) is 113 Å². The maximum atomic E-state index is 14.8. The Morgan fingerprint density at radius 1 is 1.08 bits per heavy atom. The SMILES string of the molecule is C[C@H](C(N)=O)c1ccc(-c2ccc(C(N(C(=O)[C@@H](N)CC(C)(C)F)C3(C#N)CC3)C(F)(F)F)cc2)c(F)c1. The van der Waals surface area contributed by atoms with Gasteiger partial charge in [0.25, 0.3) is 0 Å². The van der Waals surface area contributed by atoms with E-state index in [0.717, 1.165) is 32.0 Å². The predicted octanol–water partition coefficient (Wildman–Crippen LogP) is 5.04. The van der Waals surface area contributed by atoms with Gasteiger partial charge in [0.2, 0.25) is 11.8 Å². The lowest BCUT2D eigenvalue weighted by Gasteiger charge is -2.38. The van der Waals surface area contributed by atoms with E-state index in [4.69, 9.17) is 11.5 Å². The minimum absolute atomic E-state index is 0.0208. The second-order valence-electron chi connectivity index (χ2n) is 10.3. The fraction of sp³-hybridized carbons (Fsp3) is 0.444. The van der Waals surface area contributed by atoms with Crippen molar-refractivity contribution in [3.05, 3.63) is 59.4 Å². The van der Waals surface area contributed by atoms with Gasteiger partial charge < -0.3 is 16.4 Å². The van der Waals surface area contributed by atoms with Crippen LogP contribution < -0.4 is 11.5 Å². The van der Waals surface area contributed by atoms with Crippen molar-refractivity contribution >= 4 is 11.8 Å². The van der Waals surface area contributed by atoms with E-state index in [1.54, 1.807) is 0 Å². The Kier molecular flexibility index (Phi) is 7.89. The molecule has 204 valence electrons. The molecule has 0 aliphatic heterocycles. The van der Waals surface area contributed by atoms with E-state index in [1.165, 1.54) is 31.2 Å². The molecule has 3 rings (SSSR count). The third-order valence-corrected chi connectivity index (χ3v) is 6.68. The molecule has 0 bridgehead atoms. The first-order chi connectivity index (χ1) is 17.5. The first-order valence-corrected chi connectivity index (χ1v) is 12.0. The first-order valence-electron chi connectivity index (χ1n) is 12.0. The highest BCUT2D eigenvalue weighted by atomic mass is 19.4. The Labute approximate surface area is 217 Å². The van der Waals surface area contributed by atoms with E-state index in [2.05, 4.69) is 0 Å². The van der Waals surface area contributed by atoms with E-state index in [9.17, 15) is 36.8 Å². The fourth-order valence-corrected chi connectivity index (χ4v) is 4.43. The Morgan fingerprint density at radius 3 is 2.05 bits per heavy atom. The third-order valence-electron chi connectivity index (χ3n) is 6.68. The average molecular weight is 537 g/mol. The van der Waals surface area contributed by atoms with Gasteiger partial charge in [-0.1, -0.05) is 36.4 Å². The number of nitrogens with two attached hydrogens (primary N) is 2. The summed E-state index contributed by atoms with van der Waals surface area (Å²) in [7, 11) is 0. The highest BCUT2D eigenvalue weighted by molar-refractivity contribution is 5.84. The summed E-state index contributed by atoms with van der Waals surface area (Å²) in [4.78, 5) is 25.0. The normalized spacial score (nSPS) is 17.2. The van der Waals surface area contributed by atoms with Gasteiger partial charge in [0.1, 0.15) is 17.0 Å². The minimum atomic E-state index is -4.99. The minimum Gasteiger partial charge on any atom is -0.369 e. The standard InChI is InChI=1S/C27H29F5N4O2/c1-15(23(35)37)18-8-9-19(20(28)12-18)16-4-6-17(7-5-16)22(27(30,31)32)36(26(14-33)10-11-26)24(38)21(34)13-25(2,3)29/h4-9,12,15,21-22H,10-11,13,34H2,1-3H3,(H2,35,37)/t15-,21-,22?/m0/s1. The van der Waals surface area contributed by atoms with Crippen LogP contribution in [-0.4, -0.2) is 40.1 Å². The third kappa shape index (κ3) is 6.13. The zero-order valence-electron chi connectivity index (χ0n) is 21.2. The Morgan fingerprint density at radius 2 is 1.63 bits per heavy atom. The fourth-order valence-electron chi connectivity index (χ4n) is 4.43. The number of nitrogens with zero attached hydrogens (tertiary/aromatic N) is 2. The highest BCUT2D eigenvalue weighted by Gasteiger charge is 2.60. The van der Waals surface area contributed by atoms with Gasteiger partial charge in [-0.05, 0) is 56.4 Å². The number of benzene rings is 2. The Hall–Kier alpha value is -3.52. The first kappa shape index (κ1) is 29.0. The molecule has 3 atom stereocenters. The van der Waals surface area contributed by atoms with Crippen LogP contribution in [0.5, 0.6) is 0 Å². The lowest BCUT2D eigenvalue weighted by Crippen LogP contribution is -2.55. The molecule has 4 N–H and O–H groups in total. The predicted molar refractivity (Wildman–Crippen MR) is 130 cm³/mol. The van der Waals surface area contributed by atoms with E-state index >= 15 is 0 Å². The van der Waals surface area contributed by atoms with Crippen molar-refractivity contribution in [3.63, 3.8) is 0 Å². The van der Waals surface area contributed by atoms with Crippen LogP contribution in [0.2, 0.25) is 0 Å². The second-order valence-corrected chi connectivity index (χ2v) is 10.3. The lowest BCUT2D eigenvalue weighted by molar-refractivity contribution is -0.198. The average Bonchev–Trinajstić information content (AvgIpc) is 3.61. The van der Waals surface area contributed by atoms with Gasteiger partial charge in [-0.15, -0.1) is 0 Å². The van der Waals surface area contributed by atoms with Crippen LogP contribution in [-0.2, 0) is 9.59 Å². The number of rotatable bonds is 9. The Balaban J connectivity index is 2.02. The maximum Gasteiger partial charge on any atom is 0.413 e. The summed E-state index contributed by atoms with van der Waals surface area (Å²) in [5.74, 6) is -3.25. The van der Waals surface area contributed by atoms with Crippen molar-refractivity contribution in [2.24, 2.45) is 11.5 Å². The molecule has 1 aliphatic carbocycles. The van der Waals surface area contributed by atoms with Gasteiger partial charge in [0.05, 0.1) is 18.0 Å². The van der Waals surface area contributed by atoms with Crippen LogP contribution in [0.1, 0.15) is 63.1 Å². The summed E-state index contributed by atoms with van der Waals surface area (Å²) in [6.45, 7) is 3.83. The molecule has 2 aromatic rings. The molecule has 2 amide bonds. The van der Waals surface area contributed by atoms with Gasteiger partial charge in [-0.25, -0.2) is 8.78 Å². The van der Waals surface area contributed by atoms with Crippen molar-refractivity contribution in [2.45, 2.75) is 75.4 Å². The molecule has 1 saturated carbocycles. The van der Waals surface area contributed by atoms with Crippen molar-refractivity contribution in [3.8, 4) is 17.2 Å². The van der Waals surface area contributed by atoms with Gasteiger partial charge in [-0.2, -0.15) is 18.4 Å². The maximum absolute atomic E-state index is 14.8. The van der Waals surface area contributed by atoms with Crippen LogP contribution >= 0.6 is 0 Å². The zero-order chi connectivity index (χ0) is 28.6. The van der Waals surface area contributed by atoms with Gasteiger partial charge >= 0.3 is 6.18 Å². The van der Waals surface area contributed by atoms with Crippen molar-refractivity contribution < 1.29 is 31.5 Å². The summed E-state index contributed by atoms with van der Waals surface area (Å²) in [5, 5.41) is 9.67. The molecule has 11 heteroatoms. The number of carbonyl (C=O) groups is 2. The molecule has 6 nitrogen and oxygen atoms in total. The summed E-state index contributed by atoms with van der Waals surface area (Å²) in [6, 6.07) is 6.45. The number of amides is 2. The van der Waals surface area contributed by atoms with E-state index < -0.39 is 59.4 Å². The molecule has 38 heavy (non-hydrogen) atoms. The molecule has 1 unspecified atom stereocenters. The van der Waals surface area contributed by atoms with Crippen LogP contribution in [0.3, 0.4) is 0 Å². The van der Waals surface area contributed by atoms with E-state index in [0.29, 0.717) is 10.5 Å². The second kappa shape index (κ2) is 10.3. The number of hydrogen-bond acceptors (Lipinski definition) is 4. The van der Waals surface area contributed by atoms with E-state index in [-0.39, 0.29) is 29.5 Å². The molecule has 0 saturated heterocycles. The van der Waals surface area contributed by atoms with Crippen LogP contribution in [0.15, 0.2) is 42.5 Å². The van der Waals surface area contributed by atoms with Crippen LogP contribution in [0, 0.1) is 17.1 Å². The molecule has 0 heterocycles.